The van der Waals surface area contributed by atoms with E-state index < -0.39 is 0 Å². The Kier molecular flexibility index (Phi) is 7.83. The van der Waals surface area contributed by atoms with Gasteiger partial charge in [-0.05, 0) is 68.1 Å². The standard InChI is InChI=1S/C29H30N6OS.ClH/c1-19-4-5-23-18-25(8-9-26(23)30-19)28-31-32-29(34(28)3)37-15-14-35-12-10-21-6-7-24(17-22(21)11-13-35)27-16-20(2)36-33-27;/h4-9,16-18H,10-15H2,1-3H3;1H. The van der Waals surface area contributed by atoms with Crippen molar-refractivity contribution in [1.82, 2.24) is 29.8 Å². The van der Waals surface area contributed by atoms with E-state index in [1.807, 2.05) is 33.0 Å². The van der Waals surface area contributed by atoms with Crippen LogP contribution in [0.25, 0.3) is 33.5 Å². The predicted molar refractivity (Wildman–Crippen MR) is 155 cm³/mol. The summed E-state index contributed by atoms with van der Waals surface area (Å²) in [4.78, 5) is 7.16. The molecule has 1 aliphatic heterocycles. The van der Waals surface area contributed by atoms with E-state index >= 15 is 0 Å². The van der Waals surface area contributed by atoms with Gasteiger partial charge >= 0.3 is 0 Å². The number of nitrogens with zero attached hydrogens (tertiary/aromatic N) is 6. The van der Waals surface area contributed by atoms with Crippen molar-refractivity contribution in [3.8, 4) is 22.6 Å². The average molecular weight is 547 g/mol. The minimum Gasteiger partial charge on any atom is -0.361 e. The second kappa shape index (κ2) is 11.3. The van der Waals surface area contributed by atoms with Gasteiger partial charge in [0.05, 0.1) is 5.52 Å². The Morgan fingerprint density at radius 2 is 1.71 bits per heavy atom. The van der Waals surface area contributed by atoms with E-state index in [-0.39, 0.29) is 12.4 Å². The Bertz CT molecular complexity index is 1580. The molecule has 38 heavy (non-hydrogen) atoms. The zero-order chi connectivity index (χ0) is 25.4. The smallest absolute Gasteiger partial charge is 0.191 e. The molecule has 3 aromatic heterocycles. The summed E-state index contributed by atoms with van der Waals surface area (Å²) in [6.45, 7) is 7.10. The van der Waals surface area contributed by atoms with Gasteiger partial charge in [0, 0.05) is 60.7 Å². The Labute approximate surface area is 233 Å². The topological polar surface area (TPSA) is 72.9 Å². The molecule has 196 valence electrons. The Hall–Kier alpha value is -3.20. The zero-order valence-electron chi connectivity index (χ0n) is 21.8. The first kappa shape index (κ1) is 26.4. The van der Waals surface area contributed by atoms with Crippen molar-refractivity contribution in [2.75, 3.05) is 25.4 Å². The van der Waals surface area contributed by atoms with Gasteiger partial charge in [-0.3, -0.25) is 4.98 Å². The lowest BCUT2D eigenvalue weighted by molar-refractivity contribution is 0.306. The zero-order valence-corrected chi connectivity index (χ0v) is 23.5. The third-order valence-corrected chi connectivity index (χ3v) is 8.09. The molecule has 0 saturated carbocycles. The molecule has 0 bridgehead atoms. The molecule has 9 heteroatoms. The van der Waals surface area contributed by atoms with Crippen molar-refractivity contribution in [3.05, 3.63) is 77.2 Å². The lowest BCUT2D eigenvalue weighted by atomic mass is 9.99. The highest BCUT2D eigenvalue weighted by molar-refractivity contribution is 7.99. The summed E-state index contributed by atoms with van der Waals surface area (Å²) in [6, 6.07) is 19.2. The highest BCUT2D eigenvalue weighted by Gasteiger charge is 2.17. The molecule has 0 spiro atoms. The van der Waals surface area contributed by atoms with Gasteiger partial charge in [0.2, 0.25) is 0 Å². The summed E-state index contributed by atoms with van der Waals surface area (Å²) in [5, 5.41) is 15.2. The van der Waals surface area contributed by atoms with Gasteiger partial charge in [0.1, 0.15) is 11.5 Å². The number of hydrogen-bond donors (Lipinski definition) is 0. The molecule has 0 N–H and O–H groups in total. The first-order chi connectivity index (χ1) is 18.0. The maximum absolute atomic E-state index is 5.27. The molecule has 5 aromatic rings. The van der Waals surface area contributed by atoms with Gasteiger partial charge in [-0.1, -0.05) is 35.1 Å². The van der Waals surface area contributed by atoms with Crippen molar-refractivity contribution in [3.63, 3.8) is 0 Å². The molecule has 0 fully saturated rings. The normalized spacial score (nSPS) is 13.8. The molecule has 2 aromatic carbocycles. The molecule has 0 radical (unpaired) electrons. The number of rotatable bonds is 6. The lowest BCUT2D eigenvalue weighted by Gasteiger charge is -2.19. The first-order valence-electron chi connectivity index (χ1n) is 12.7. The largest absolute Gasteiger partial charge is 0.361 e. The molecule has 0 amide bonds. The number of aryl methyl sites for hydroxylation is 2. The second-order valence-corrected chi connectivity index (χ2v) is 10.8. The van der Waals surface area contributed by atoms with Crippen LogP contribution in [0.4, 0.5) is 0 Å². The summed E-state index contributed by atoms with van der Waals surface area (Å²) in [6.07, 6.45) is 2.12. The van der Waals surface area contributed by atoms with E-state index in [1.54, 1.807) is 11.8 Å². The van der Waals surface area contributed by atoms with E-state index in [4.69, 9.17) is 4.52 Å². The van der Waals surface area contributed by atoms with Gasteiger partial charge in [-0.2, -0.15) is 0 Å². The van der Waals surface area contributed by atoms with Crippen LogP contribution < -0.4 is 0 Å². The van der Waals surface area contributed by atoms with Gasteiger partial charge in [-0.25, -0.2) is 0 Å². The molecule has 0 saturated heterocycles. The molecule has 6 rings (SSSR count). The highest BCUT2D eigenvalue weighted by Crippen LogP contribution is 2.27. The number of pyridine rings is 1. The molecule has 7 nitrogen and oxygen atoms in total. The van der Waals surface area contributed by atoms with Crippen LogP contribution in [0, 0.1) is 13.8 Å². The third kappa shape index (κ3) is 5.48. The SMILES string of the molecule is Cc1ccc2cc(-c3nnc(SCCN4CCc5ccc(-c6cc(C)on6)cc5CC4)n3C)ccc2n1.Cl. The van der Waals surface area contributed by atoms with Crippen molar-refractivity contribution >= 4 is 35.1 Å². The van der Waals surface area contributed by atoms with Crippen LogP contribution in [0.2, 0.25) is 0 Å². The molecule has 1 aliphatic rings. The van der Waals surface area contributed by atoms with Crippen molar-refractivity contribution in [1.29, 1.82) is 0 Å². The number of halogens is 1. The molecule has 4 heterocycles. The van der Waals surface area contributed by atoms with Gasteiger partial charge in [0.15, 0.2) is 11.0 Å². The third-order valence-electron chi connectivity index (χ3n) is 7.08. The van der Waals surface area contributed by atoms with Gasteiger partial charge < -0.3 is 14.0 Å². The lowest BCUT2D eigenvalue weighted by Crippen LogP contribution is -2.28. The quantitative estimate of drug-likeness (QED) is 0.245. The van der Waals surface area contributed by atoms with Crippen molar-refractivity contribution in [2.24, 2.45) is 7.05 Å². The van der Waals surface area contributed by atoms with Crippen LogP contribution in [0.15, 0.2) is 64.3 Å². The predicted octanol–water partition coefficient (Wildman–Crippen LogP) is 5.92. The molecular formula is C29H31ClN6OS. The summed E-state index contributed by atoms with van der Waals surface area (Å²) < 4.78 is 7.36. The number of benzene rings is 2. The maximum Gasteiger partial charge on any atom is 0.191 e. The van der Waals surface area contributed by atoms with Crippen molar-refractivity contribution < 1.29 is 4.52 Å². The summed E-state index contributed by atoms with van der Waals surface area (Å²) in [5.41, 5.74) is 8.00. The fourth-order valence-electron chi connectivity index (χ4n) is 4.98. The highest BCUT2D eigenvalue weighted by atomic mass is 35.5. The van der Waals surface area contributed by atoms with E-state index in [9.17, 15) is 0 Å². The summed E-state index contributed by atoms with van der Waals surface area (Å²) >= 11 is 1.77. The average Bonchev–Trinajstić information content (AvgIpc) is 3.44. The summed E-state index contributed by atoms with van der Waals surface area (Å²) in [5.74, 6) is 2.70. The van der Waals surface area contributed by atoms with Crippen molar-refractivity contribution in [2.45, 2.75) is 31.8 Å². The van der Waals surface area contributed by atoms with Crippen LogP contribution >= 0.6 is 24.2 Å². The maximum atomic E-state index is 5.27. The van der Waals surface area contributed by atoms with E-state index in [1.165, 1.54) is 11.1 Å². The minimum atomic E-state index is 0. The molecular weight excluding hydrogens is 516 g/mol. The Balaban J connectivity index is 0.00000294. The fourth-order valence-corrected chi connectivity index (χ4v) is 5.89. The number of aromatic nitrogens is 5. The van der Waals surface area contributed by atoms with Crippen LogP contribution in [-0.4, -0.2) is 55.2 Å². The molecule has 0 aliphatic carbocycles. The van der Waals surface area contributed by atoms with Crippen LogP contribution in [0.1, 0.15) is 22.6 Å². The first-order valence-corrected chi connectivity index (χ1v) is 13.7. The second-order valence-electron chi connectivity index (χ2n) is 9.72. The van der Waals surface area contributed by atoms with E-state index in [2.05, 4.69) is 72.3 Å². The number of thioether (sulfide) groups is 1. The Morgan fingerprint density at radius 3 is 2.53 bits per heavy atom. The van der Waals surface area contributed by atoms with Crippen LogP contribution in [0.3, 0.4) is 0 Å². The summed E-state index contributed by atoms with van der Waals surface area (Å²) in [7, 11) is 2.05. The number of hydrogen-bond acceptors (Lipinski definition) is 7. The van der Waals surface area contributed by atoms with Crippen LogP contribution in [-0.2, 0) is 19.9 Å². The fraction of sp³-hybridized carbons (Fsp3) is 0.310. The molecule has 0 unspecified atom stereocenters. The monoisotopic (exact) mass is 546 g/mol. The minimum absolute atomic E-state index is 0. The van der Waals surface area contributed by atoms with E-state index in [0.717, 1.165) is 88.4 Å². The van der Waals surface area contributed by atoms with Gasteiger partial charge in [-0.15, -0.1) is 22.6 Å². The number of fused-ring (bicyclic) bond motifs is 2. The van der Waals surface area contributed by atoms with Gasteiger partial charge in [0.25, 0.3) is 0 Å². The molecule has 0 atom stereocenters. The van der Waals surface area contributed by atoms with Crippen LogP contribution in [0.5, 0.6) is 0 Å². The Morgan fingerprint density at radius 1 is 0.895 bits per heavy atom. The van der Waals surface area contributed by atoms with E-state index in [0.29, 0.717) is 0 Å².